The van der Waals surface area contributed by atoms with Crippen molar-refractivity contribution in [3.8, 4) is 0 Å². The number of hydrogen-bond donors (Lipinski definition) is 1. The lowest BCUT2D eigenvalue weighted by molar-refractivity contribution is -0.140. The van der Waals surface area contributed by atoms with Gasteiger partial charge in [-0.1, -0.05) is 72.8 Å². The van der Waals surface area contributed by atoms with Crippen LogP contribution in [0.2, 0.25) is 15.1 Å². The highest BCUT2D eigenvalue weighted by Crippen LogP contribution is 2.29. The van der Waals surface area contributed by atoms with Crippen molar-refractivity contribution < 1.29 is 18.0 Å². The number of carbonyl (C=O) groups is 2. The number of nitrogens with one attached hydrogen (secondary N) is 1. The minimum Gasteiger partial charge on any atom is -0.352 e. The van der Waals surface area contributed by atoms with E-state index in [9.17, 15) is 18.0 Å². The van der Waals surface area contributed by atoms with Crippen LogP contribution in [0.3, 0.4) is 0 Å². The standard InChI is InChI=1S/C25H30Cl3N3O4S/c1-3-22(25(33)29-19-8-4-5-9-19)30(15-17-12-13-18(26)14-21(17)28)24(32)16-31(36(2,34)35)23-11-7-6-10-20(23)27/h6-7,10-14,19,22H,3-5,8-9,15-16H2,1-2H3,(H,29,33)/t22-/m1/s1. The molecule has 0 heterocycles. The highest BCUT2D eigenvalue weighted by atomic mass is 35.5. The molecule has 1 N–H and O–H groups in total. The predicted octanol–water partition coefficient (Wildman–Crippen LogP) is 5.28. The van der Waals surface area contributed by atoms with Crippen LogP contribution in [0.4, 0.5) is 5.69 Å². The normalized spacial score (nSPS) is 14.9. The summed E-state index contributed by atoms with van der Waals surface area (Å²) in [6.45, 7) is 1.29. The van der Waals surface area contributed by atoms with Crippen LogP contribution in [-0.4, -0.2) is 50.0 Å². The molecule has 0 unspecified atom stereocenters. The first-order valence-electron chi connectivity index (χ1n) is 11.8. The number of sulfonamides is 1. The summed E-state index contributed by atoms with van der Waals surface area (Å²) in [6.07, 6.45) is 5.23. The molecule has 0 saturated heterocycles. The van der Waals surface area contributed by atoms with Crippen molar-refractivity contribution in [2.45, 2.75) is 57.7 Å². The summed E-state index contributed by atoms with van der Waals surface area (Å²) in [6, 6.07) is 10.5. The monoisotopic (exact) mass is 573 g/mol. The molecule has 1 aliphatic carbocycles. The molecule has 0 aliphatic heterocycles. The molecule has 1 atom stereocenters. The summed E-state index contributed by atoms with van der Waals surface area (Å²) in [5, 5.41) is 4.03. The first kappa shape index (κ1) is 28.6. The second-order valence-corrected chi connectivity index (χ2v) is 12.1. The number of nitrogens with zero attached hydrogens (tertiary/aromatic N) is 2. The maximum atomic E-state index is 13.7. The molecule has 2 amide bonds. The number of amides is 2. The summed E-state index contributed by atoms with van der Waals surface area (Å²) in [4.78, 5) is 28.4. The third-order valence-electron chi connectivity index (χ3n) is 6.24. The maximum Gasteiger partial charge on any atom is 0.244 e. The molecule has 0 radical (unpaired) electrons. The number of para-hydroxylation sites is 1. The van der Waals surface area contributed by atoms with Crippen molar-refractivity contribution in [1.29, 1.82) is 0 Å². The van der Waals surface area contributed by atoms with Gasteiger partial charge in [0, 0.05) is 22.6 Å². The van der Waals surface area contributed by atoms with E-state index in [0.717, 1.165) is 36.2 Å². The first-order valence-corrected chi connectivity index (χ1v) is 14.8. The number of halogens is 3. The largest absolute Gasteiger partial charge is 0.352 e. The Labute approximate surface area is 227 Å². The van der Waals surface area contributed by atoms with Crippen LogP contribution >= 0.6 is 34.8 Å². The summed E-state index contributed by atoms with van der Waals surface area (Å²) < 4.78 is 26.3. The van der Waals surface area contributed by atoms with E-state index in [4.69, 9.17) is 34.8 Å². The number of benzene rings is 2. The Morgan fingerprint density at radius 2 is 1.72 bits per heavy atom. The van der Waals surface area contributed by atoms with E-state index < -0.39 is 28.5 Å². The minimum atomic E-state index is -3.87. The Balaban J connectivity index is 1.96. The Hall–Kier alpha value is -2.00. The molecule has 1 saturated carbocycles. The molecule has 196 valence electrons. The van der Waals surface area contributed by atoms with Crippen molar-refractivity contribution in [2.75, 3.05) is 17.1 Å². The second kappa shape index (κ2) is 12.5. The van der Waals surface area contributed by atoms with Gasteiger partial charge in [0.15, 0.2) is 0 Å². The van der Waals surface area contributed by atoms with Crippen LogP contribution in [0.15, 0.2) is 42.5 Å². The van der Waals surface area contributed by atoms with Gasteiger partial charge in [0.1, 0.15) is 12.6 Å². The third-order valence-corrected chi connectivity index (χ3v) is 8.28. The minimum absolute atomic E-state index is 0.00551. The lowest BCUT2D eigenvalue weighted by Crippen LogP contribution is -2.53. The van der Waals surface area contributed by atoms with Crippen molar-refractivity contribution >= 4 is 62.3 Å². The molecule has 1 fully saturated rings. The van der Waals surface area contributed by atoms with Gasteiger partial charge in [-0.05, 0) is 49.1 Å². The Morgan fingerprint density at radius 1 is 1.06 bits per heavy atom. The van der Waals surface area contributed by atoms with Gasteiger partial charge in [-0.3, -0.25) is 13.9 Å². The zero-order valence-corrected chi connectivity index (χ0v) is 23.3. The van der Waals surface area contributed by atoms with Crippen LogP contribution in [-0.2, 0) is 26.2 Å². The van der Waals surface area contributed by atoms with Crippen LogP contribution < -0.4 is 9.62 Å². The van der Waals surface area contributed by atoms with E-state index >= 15 is 0 Å². The molecular formula is C25H30Cl3N3O4S. The van der Waals surface area contributed by atoms with Gasteiger partial charge in [0.05, 0.1) is 17.0 Å². The smallest absolute Gasteiger partial charge is 0.244 e. The van der Waals surface area contributed by atoms with Crippen LogP contribution in [0.5, 0.6) is 0 Å². The van der Waals surface area contributed by atoms with Gasteiger partial charge in [0.25, 0.3) is 0 Å². The molecule has 1 aliphatic rings. The fourth-order valence-electron chi connectivity index (χ4n) is 4.37. The van der Waals surface area contributed by atoms with Crippen LogP contribution in [0.1, 0.15) is 44.6 Å². The molecule has 0 bridgehead atoms. The Kier molecular flexibility index (Phi) is 9.92. The van der Waals surface area contributed by atoms with E-state index in [1.54, 1.807) is 36.4 Å². The van der Waals surface area contributed by atoms with E-state index in [-0.39, 0.29) is 29.2 Å². The lowest BCUT2D eigenvalue weighted by Gasteiger charge is -2.33. The summed E-state index contributed by atoms with van der Waals surface area (Å²) in [5.74, 6) is -0.828. The zero-order chi connectivity index (χ0) is 26.5. The van der Waals surface area contributed by atoms with Gasteiger partial charge < -0.3 is 10.2 Å². The fourth-order valence-corrected chi connectivity index (χ4v) is 5.99. The van der Waals surface area contributed by atoms with E-state index in [1.807, 2.05) is 6.92 Å². The van der Waals surface area contributed by atoms with Gasteiger partial charge >= 0.3 is 0 Å². The highest BCUT2D eigenvalue weighted by Gasteiger charge is 2.33. The average Bonchev–Trinajstić information content (AvgIpc) is 3.31. The number of carbonyl (C=O) groups excluding carboxylic acids is 2. The zero-order valence-electron chi connectivity index (χ0n) is 20.2. The van der Waals surface area contributed by atoms with E-state index in [2.05, 4.69) is 5.32 Å². The summed E-state index contributed by atoms with van der Waals surface area (Å²) in [7, 11) is -3.87. The van der Waals surface area contributed by atoms with Crippen LogP contribution in [0, 0.1) is 0 Å². The SMILES string of the molecule is CC[C@H](C(=O)NC1CCCC1)N(Cc1ccc(Cl)cc1Cl)C(=O)CN(c1ccccc1Cl)S(C)(=O)=O. The summed E-state index contributed by atoms with van der Waals surface area (Å²) >= 11 is 18.7. The summed E-state index contributed by atoms with van der Waals surface area (Å²) in [5.41, 5.74) is 0.771. The van der Waals surface area contributed by atoms with Crippen molar-refractivity contribution in [3.05, 3.63) is 63.1 Å². The van der Waals surface area contributed by atoms with E-state index in [0.29, 0.717) is 22.0 Å². The van der Waals surface area contributed by atoms with Gasteiger partial charge in [-0.15, -0.1) is 0 Å². The molecule has 11 heteroatoms. The number of hydrogen-bond acceptors (Lipinski definition) is 4. The molecular weight excluding hydrogens is 545 g/mol. The van der Waals surface area contributed by atoms with Gasteiger partial charge in [-0.25, -0.2) is 8.42 Å². The molecule has 0 aromatic heterocycles. The molecule has 36 heavy (non-hydrogen) atoms. The predicted molar refractivity (Wildman–Crippen MR) is 145 cm³/mol. The van der Waals surface area contributed by atoms with Crippen molar-refractivity contribution in [2.24, 2.45) is 0 Å². The van der Waals surface area contributed by atoms with E-state index in [1.165, 1.54) is 11.0 Å². The molecule has 2 aromatic carbocycles. The van der Waals surface area contributed by atoms with Gasteiger partial charge in [-0.2, -0.15) is 0 Å². The van der Waals surface area contributed by atoms with Crippen molar-refractivity contribution in [1.82, 2.24) is 10.2 Å². The number of anilines is 1. The number of rotatable bonds is 10. The molecule has 0 spiro atoms. The Morgan fingerprint density at radius 3 is 2.31 bits per heavy atom. The highest BCUT2D eigenvalue weighted by molar-refractivity contribution is 7.92. The fraction of sp³-hybridized carbons (Fsp3) is 0.440. The second-order valence-electron chi connectivity index (χ2n) is 8.89. The lowest BCUT2D eigenvalue weighted by atomic mass is 10.1. The van der Waals surface area contributed by atoms with Crippen molar-refractivity contribution in [3.63, 3.8) is 0 Å². The average molecular weight is 575 g/mol. The maximum absolute atomic E-state index is 13.7. The van der Waals surface area contributed by atoms with Crippen LogP contribution in [0.25, 0.3) is 0 Å². The quantitative estimate of drug-likeness (QED) is 0.418. The third kappa shape index (κ3) is 7.28. The topological polar surface area (TPSA) is 86.8 Å². The first-order chi connectivity index (χ1) is 17.0. The molecule has 3 rings (SSSR count). The molecule has 2 aromatic rings. The Bertz CT molecular complexity index is 1200. The van der Waals surface area contributed by atoms with Gasteiger partial charge in [0.2, 0.25) is 21.8 Å². The molecule has 7 nitrogen and oxygen atoms in total.